The van der Waals surface area contributed by atoms with E-state index >= 15 is 0 Å². The van der Waals surface area contributed by atoms with Gasteiger partial charge in [-0.3, -0.25) is 0 Å². The summed E-state index contributed by atoms with van der Waals surface area (Å²) in [7, 11) is 0. The fourth-order valence-electron chi connectivity index (χ4n) is 1.72. The number of carboxylic acids is 1. The van der Waals surface area contributed by atoms with Gasteiger partial charge in [0.05, 0.1) is 11.2 Å². The van der Waals surface area contributed by atoms with E-state index in [4.69, 9.17) is 10.2 Å². The lowest BCUT2D eigenvalue weighted by Gasteiger charge is -2.14. The van der Waals surface area contributed by atoms with E-state index in [-0.39, 0.29) is 18.2 Å². The highest BCUT2D eigenvalue weighted by atomic mass is 16.4. The van der Waals surface area contributed by atoms with Gasteiger partial charge in [-0.15, -0.1) is 10.2 Å². The second-order valence-corrected chi connectivity index (χ2v) is 4.41. The Kier molecular flexibility index (Phi) is 3.91. The van der Waals surface area contributed by atoms with E-state index in [9.17, 15) is 4.79 Å². The Morgan fingerprint density at radius 2 is 2.11 bits per heavy atom. The lowest BCUT2D eigenvalue weighted by Crippen LogP contribution is -2.17. The zero-order chi connectivity index (χ0) is 13.8. The second-order valence-electron chi connectivity index (χ2n) is 4.41. The normalized spacial score (nSPS) is 12.3. The van der Waals surface area contributed by atoms with E-state index in [0.29, 0.717) is 23.1 Å². The predicted octanol–water partition coefficient (Wildman–Crippen LogP) is 1.37. The third kappa shape index (κ3) is 2.79. The number of nitrogens with one attached hydrogen (secondary N) is 1. The molecule has 1 unspecified atom stereocenters. The van der Waals surface area contributed by atoms with E-state index in [1.54, 1.807) is 12.1 Å². The number of carboxylic acid groups (broad SMARTS) is 1. The molecule has 100 valence electrons. The van der Waals surface area contributed by atoms with Crippen LogP contribution in [0.25, 0.3) is 10.9 Å². The predicted molar refractivity (Wildman–Crippen MR) is 71.2 cm³/mol. The van der Waals surface area contributed by atoms with Crippen LogP contribution in [0.2, 0.25) is 0 Å². The molecule has 0 saturated carbocycles. The number of rotatable bonds is 5. The molecule has 6 heteroatoms. The van der Waals surface area contributed by atoms with Gasteiger partial charge in [-0.2, -0.15) is 0 Å². The van der Waals surface area contributed by atoms with Crippen LogP contribution in [-0.2, 0) is 0 Å². The van der Waals surface area contributed by atoms with Crippen LogP contribution in [0.15, 0.2) is 24.3 Å². The van der Waals surface area contributed by atoms with Crippen molar-refractivity contribution in [2.45, 2.75) is 6.92 Å². The van der Waals surface area contributed by atoms with E-state index in [1.807, 2.05) is 19.1 Å². The van der Waals surface area contributed by atoms with E-state index in [1.165, 1.54) is 0 Å². The van der Waals surface area contributed by atoms with Gasteiger partial charge in [-0.05, 0) is 12.0 Å². The van der Waals surface area contributed by atoms with Crippen LogP contribution in [0.3, 0.4) is 0 Å². The van der Waals surface area contributed by atoms with Crippen molar-refractivity contribution in [2.75, 3.05) is 18.5 Å². The molecule has 0 spiro atoms. The first-order chi connectivity index (χ1) is 9.13. The summed E-state index contributed by atoms with van der Waals surface area (Å²) in [6.07, 6.45) is 0. The van der Waals surface area contributed by atoms with Crippen LogP contribution in [-0.4, -0.2) is 39.5 Å². The van der Waals surface area contributed by atoms with Crippen molar-refractivity contribution >= 4 is 22.6 Å². The Hall–Kier alpha value is -2.21. The average Bonchev–Trinajstić information content (AvgIpc) is 2.43. The van der Waals surface area contributed by atoms with Gasteiger partial charge in [-0.25, -0.2) is 4.79 Å². The van der Waals surface area contributed by atoms with Crippen LogP contribution in [0.5, 0.6) is 0 Å². The Labute approximate surface area is 110 Å². The largest absolute Gasteiger partial charge is 0.476 e. The van der Waals surface area contributed by atoms with Crippen molar-refractivity contribution in [3.05, 3.63) is 30.0 Å². The minimum absolute atomic E-state index is 0.0218. The number of anilines is 1. The van der Waals surface area contributed by atoms with Gasteiger partial charge in [0.15, 0.2) is 5.69 Å². The highest BCUT2D eigenvalue weighted by Gasteiger charge is 2.16. The topological polar surface area (TPSA) is 95.3 Å². The number of hydrogen-bond acceptors (Lipinski definition) is 5. The van der Waals surface area contributed by atoms with Gasteiger partial charge in [0.25, 0.3) is 0 Å². The molecule has 19 heavy (non-hydrogen) atoms. The molecule has 0 aliphatic heterocycles. The zero-order valence-electron chi connectivity index (χ0n) is 10.5. The number of aliphatic hydroxyl groups excluding tert-OH is 1. The van der Waals surface area contributed by atoms with Gasteiger partial charge in [0.2, 0.25) is 0 Å². The fourth-order valence-corrected chi connectivity index (χ4v) is 1.72. The molecule has 0 amide bonds. The molecule has 3 N–H and O–H groups in total. The maximum atomic E-state index is 11.2. The molecule has 1 aromatic carbocycles. The molecule has 0 aliphatic rings. The minimum atomic E-state index is -1.13. The van der Waals surface area contributed by atoms with Crippen molar-refractivity contribution < 1.29 is 15.0 Å². The molecule has 0 radical (unpaired) electrons. The molecule has 6 nitrogen and oxygen atoms in total. The van der Waals surface area contributed by atoms with Gasteiger partial charge in [0.1, 0.15) is 0 Å². The summed E-state index contributed by atoms with van der Waals surface area (Å²) in [4.78, 5) is 11.2. The summed E-state index contributed by atoms with van der Waals surface area (Å²) < 4.78 is 0. The Bertz CT molecular complexity index is 601. The van der Waals surface area contributed by atoms with E-state index < -0.39 is 5.97 Å². The van der Waals surface area contributed by atoms with Gasteiger partial charge in [-0.1, -0.05) is 25.1 Å². The molecule has 0 saturated heterocycles. The van der Waals surface area contributed by atoms with Gasteiger partial charge in [0, 0.05) is 18.5 Å². The Morgan fingerprint density at radius 3 is 2.79 bits per heavy atom. The first-order valence-electron chi connectivity index (χ1n) is 5.97. The molecular weight excluding hydrogens is 246 g/mol. The molecule has 0 bridgehead atoms. The summed E-state index contributed by atoms with van der Waals surface area (Å²) in [6.45, 7) is 2.36. The first-order valence-corrected chi connectivity index (χ1v) is 5.97. The van der Waals surface area contributed by atoms with E-state index in [2.05, 4.69) is 15.5 Å². The van der Waals surface area contributed by atoms with Crippen molar-refractivity contribution in [2.24, 2.45) is 5.92 Å². The molecule has 0 aliphatic carbocycles. The highest BCUT2D eigenvalue weighted by Crippen LogP contribution is 2.24. The Morgan fingerprint density at radius 1 is 1.37 bits per heavy atom. The molecule has 2 rings (SSSR count). The fraction of sp³-hybridized carbons (Fsp3) is 0.308. The third-order valence-electron chi connectivity index (χ3n) is 2.81. The van der Waals surface area contributed by atoms with Crippen molar-refractivity contribution in [3.8, 4) is 0 Å². The molecular formula is C13H15N3O3. The summed E-state index contributed by atoms with van der Waals surface area (Å²) >= 11 is 0. The smallest absolute Gasteiger partial charge is 0.358 e. The quantitative estimate of drug-likeness (QED) is 0.752. The number of aliphatic hydroxyl groups is 1. The maximum Gasteiger partial charge on any atom is 0.358 e. The summed E-state index contributed by atoms with van der Waals surface area (Å²) in [5, 5.41) is 29.6. The molecule has 1 aromatic heterocycles. The van der Waals surface area contributed by atoms with E-state index in [0.717, 1.165) is 0 Å². The third-order valence-corrected chi connectivity index (χ3v) is 2.81. The van der Waals surface area contributed by atoms with Crippen LogP contribution >= 0.6 is 0 Å². The number of aromatic carboxylic acids is 1. The highest BCUT2D eigenvalue weighted by molar-refractivity contribution is 6.02. The van der Waals surface area contributed by atoms with Gasteiger partial charge >= 0.3 is 5.97 Å². The van der Waals surface area contributed by atoms with Crippen LogP contribution < -0.4 is 5.32 Å². The lowest BCUT2D eigenvalue weighted by molar-refractivity contribution is 0.0690. The molecule has 0 fully saturated rings. The number of hydrogen-bond donors (Lipinski definition) is 3. The zero-order valence-corrected chi connectivity index (χ0v) is 10.5. The minimum Gasteiger partial charge on any atom is -0.476 e. The number of carbonyl (C=O) groups is 1. The molecule has 2 aromatic rings. The molecule has 1 heterocycles. The first kappa shape index (κ1) is 13.2. The molecule has 1 atom stereocenters. The summed E-state index contributed by atoms with van der Waals surface area (Å²) in [5.41, 5.74) is 0.967. The SMILES string of the molecule is CC(CO)CNc1c(C(=O)O)nnc2ccccc12. The summed E-state index contributed by atoms with van der Waals surface area (Å²) in [6, 6.07) is 7.20. The van der Waals surface area contributed by atoms with Crippen molar-refractivity contribution in [3.63, 3.8) is 0 Å². The van der Waals surface area contributed by atoms with Crippen LogP contribution in [0.1, 0.15) is 17.4 Å². The van der Waals surface area contributed by atoms with Crippen molar-refractivity contribution in [1.82, 2.24) is 10.2 Å². The monoisotopic (exact) mass is 261 g/mol. The van der Waals surface area contributed by atoms with Crippen molar-refractivity contribution in [1.29, 1.82) is 0 Å². The number of benzene rings is 1. The average molecular weight is 261 g/mol. The lowest BCUT2D eigenvalue weighted by atomic mass is 10.1. The van der Waals surface area contributed by atoms with Crippen LogP contribution in [0.4, 0.5) is 5.69 Å². The number of nitrogens with zero attached hydrogens (tertiary/aromatic N) is 2. The van der Waals surface area contributed by atoms with Crippen LogP contribution in [0, 0.1) is 5.92 Å². The number of aromatic nitrogens is 2. The maximum absolute atomic E-state index is 11.2. The number of fused-ring (bicyclic) bond motifs is 1. The standard InChI is InChI=1S/C13H15N3O3/c1-8(7-17)6-14-11-9-4-2-3-5-10(9)15-16-12(11)13(18)19/h2-5,8,17H,6-7H2,1H3,(H,14,15)(H,18,19). The second kappa shape index (κ2) is 5.62. The van der Waals surface area contributed by atoms with Gasteiger partial charge < -0.3 is 15.5 Å². The summed E-state index contributed by atoms with van der Waals surface area (Å²) in [5.74, 6) is -1.11. The Balaban J connectivity index is 2.46.